The summed E-state index contributed by atoms with van der Waals surface area (Å²) >= 11 is 1.12. The number of aryl methyl sites for hydroxylation is 1. The number of para-hydroxylation sites is 2. The van der Waals surface area contributed by atoms with E-state index in [1.807, 2.05) is 31.2 Å². The third kappa shape index (κ3) is 5.07. The average molecular weight is 387 g/mol. The third-order valence-corrected chi connectivity index (χ3v) is 4.47. The number of thioether (sulfide) groups is 1. The average Bonchev–Trinajstić information content (AvgIpc) is 3.13. The zero-order chi connectivity index (χ0) is 19.2. The maximum absolute atomic E-state index is 13.6. The number of ether oxygens (including phenoxy) is 1. The molecule has 27 heavy (non-hydrogen) atoms. The molecule has 0 unspecified atom stereocenters. The maximum atomic E-state index is 13.6. The van der Waals surface area contributed by atoms with Crippen LogP contribution in [0.25, 0.3) is 0 Å². The van der Waals surface area contributed by atoms with Crippen molar-refractivity contribution < 1.29 is 18.3 Å². The number of nitrogens with zero attached hydrogens (tertiary/aromatic N) is 2. The first-order valence-electron chi connectivity index (χ1n) is 8.26. The molecule has 6 nitrogen and oxygen atoms in total. The Morgan fingerprint density at radius 3 is 2.74 bits per heavy atom. The molecular formula is C19H18FN3O3S. The van der Waals surface area contributed by atoms with E-state index in [-0.39, 0.29) is 28.5 Å². The predicted octanol–water partition coefficient (Wildman–Crippen LogP) is 4.39. The molecule has 1 heterocycles. The Morgan fingerprint density at radius 2 is 1.96 bits per heavy atom. The summed E-state index contributed by atoms with van der Waals surface area (Å²) in [5.41, 5.74) is 1.75. The van der Waals surface area contributed by atoms with Gasteiger partial charge < -0.3 is 14.5 Å². The van der Waals surface area contributed by atoms with Crippen molar-refractivity contribution in [3.05, 3.63) is 65.8 Å². The molecule has 0 radical (unpaired) electrons. The molecule has 0 aliphatic rings. The summed E-state index contributed by atoms with van der Waals surface area (Å²) in [5.74, 6) is -0.204. The molecule has 0 saturated carbocycles. The highest BCUT2D eigenvalue weighted by Gasteiger charge is 2.18. The molecule has 0 bridgehead atoms. The van der Waals surface area contributed by atoms with Gasteiger partial charge in [-0.05, 0) is 37.6 Å². The van der Waals surface area contributed by atoms with E-state index in [0.717, 1.165) is 23.0 Å². The SMILES string of the molecule is Cc1ccccc1NC(=O)CSc1nnc([C@@H](C)Oc2ccccc2F)o1. The smallest absolute Gasteiger partial charge is 0.277 e. The molecule has 1 amide bonds. The minimum Gasteiger partial charge on any atom is -0.478 e. The summed E-state index contributed by atoms with van der Waals surface area (Å²) in [6.07, 6.45) is -0.621. The van der Waals surface area contributed by atoms with Gasteiger partial charge in [0.05, 0.1) is 5.75 Å². The molecule has 1 aromatic heterocycles. The minimum absolute atomic E-state index is 0.106. The van der Waals surface area contributed by atoms with Gasteiger partial charge in [0, 0.05) is 5.69 Å². The number of rotatable bonds is 7. The molecular weight excluding hydrogens is 369 g/mol. The fourth-order valence-corrected chi connectivity index (χ4v) is 2.82. The standard InChI is InChI=1S/C19H18FN3O3S/c1-12-7-3-5-9-15(12)21-17(24)11-27-19-23-22-18(26-19)13(2)25-16-10-6-4-8-14(16)20/h3-10,13H,11H2,1-2H3,(H,21,24)/t13-/m1/s1. The van der Waals surface area contributed by atoms with Gasteiger partial charge in [-0.2, -0.15) is 0 Å². The summed E-state index contributed by atoms with van der Waals surface area (Å²) < 4.78 is 24.6. The van der Waals surface area contributed by atoms with Crippen molar-refractivity contribution in [2.45, 2.75) is 25.2 Å². The number of hydrogen-bond acceptors (Lipinski definition) is 6. The largest absolute Gasteiger partial charge is 0.478 e. The van der Waals surface area contributed by atoms with E-state index in [0.29, 0.717) is 0 Å². The number of hydrogen-bond donors (Lipinski definition) is 1. The van der Waals surface area contributed by atoms with Gasteiger partial charge in [0.15, 0.2) is 17.7 Å². The number of nitrogens with one attached hydrogen (secondary N) is 1. The van der Waals surface area contributed by atoms with Crippen molar-refractivity contribution in [1.82, 2.24) is 10.2 Å². The van der Waals surface area contributed by atoms with E-state index in [9.17, 15) is 9.18 Å². The lowest BCUT2D eigenvalue weighted by Crippen LogP contribution is -2.14. The van der Waals surface area contributed by atoms with Crippen LogP contribution in [-0.4, -0.2) is 21.9 Å². The first-order valence-corrected chi connectivity index (χ1v) is 9.24. The quantitative estimate of drug-likeness (QED) is 0.606. The van der Waals surface area contributed by atoms with Crippen LogP contribution in [0.4, 0.5) is 10.1 Å². The Bertz CT molecular complexity index is 932. The molecule has 140 valence electrons. The second-order valence-corrected chi connectivity index (χ2v) is 6.68. The van der Waals surface area contributed by atoms with E-state index >= 15 is 0 Å². The molecule has 0 aliphatic carbocycles. The number of carbonyl (C=O) groups excluding carboxylic acids is 1. The minimum atomic E-state index is -0.621. The summed E-state index contributed by atoms with van der Waals surface area (Å²) in [6.45, 7) is 3.60. The Kier molecular flexibility index (Phi) is 6.08. The van der Waals surface area contributed by atoms with Gasteiger partial charge in [-0.1, -0.05) is 42.1 Å². The van der Waals surface area contributed by atoms with Gasteiger partial charge in [0.1, 0.15) is 0 Å². The summed E-state index contributed by atoms with van der Waals surface area (Å²) in [5, 5.41) is 10.9. The highest BCUT2D eigenvalue weighted by molar-refractivity contribution is 7.99. The predicted molar refractivity (Wildman–Crippen MR) is 100 cm³/mol. The molecule has 2 aromatic carbocycles. The second-order valence-electron chi connectivity index (χ2n) is 5.75. The van der Waals surface area contributed by atoms with Crippen LogP contribution in [0.1, 0.15) is 24.5 Å². The highest BCUT2D eigenvalue weighted by atomic mass is 32.2. The normalized spacial score (nSPS) is 11.8. The Hall–Kier alpha value is -2.87. The van der Waals surface area contributed by atoms with Crippen molar-refractivity contribution in [1.29, 1.82) is 0 Å². The van der Waals surface area contributed by atoms with Gasteiger partial charge in [-0.25, -0.2) is 4.39 Å². The summed E-state index contributed by atoms with van der Waals surface area (Å²) in [7, 11) is 0. The van der Waals surface area contributed by atoms with Gasteiger partial charge >= 0.3 is 0 Å². The van der Waals surface area contributed by atoms with Crippen molar-refractivity contribution in [3.8, 4) is 5.75 Å². The molecule has 0 spiro atoms. The third-order valence-electron chi connectivity index (χ3n) is 3.66. The lowest BCUT2D eigenvalue weighted by molar-refractivity contribution is -0.113. The van der Waals surface area contributed by atoms with Gasteiger partial charge in [-0.3, -0.25) is 4.79 Å². The topological polar surface area (TPSA) is 77.2 Å². The summed E-state index contributed by atoms with van der Waals surface area (Å²) in [4.78, 5) is 12.1. The number of benzene rings is 2. The van der Waals surface area contributed by atoms with E-state index < -0.39 is 11.9 Å². The number of aromatic nitrogens is 2. The highest BCUT2D eigenvalue weighted by Crippen LogP contribution is 2.25. The van der Waals surface area contributed by atoms with E-state index in [4.69, 9.17) is 9.15 Å². The Morgan fingerprint density at radius 1 is 1.22 bits per heavy atom. The number of anilines is 1. The lowest BCUT2D eigenvalue weighted by Gasteiger charge is -2.11. The van der Waals surface area contributed by atoms with E-state index in [1.165, 1.54) is 12.1 Å². The number of carbonyl (C=O) groups is 1. The molecule has 1 atom stereocenters. The van der Waals surface area contributed by atoms with Crippen LogP contribution in [-0.2, 0) is 4.79 Å². The van der Waals surface area contributed by atoms with Crippen LogP contribution < -0.4 is 10.1 Å². The molecule has 3 aromatic rings. The van der Waals surface area contributed by atoms with Crippen LogP contribution in [0.15, 0.2) is 58.2 Å². The van der Waals surface area contributed by atoms with Gasteiger partial charge in [0.25, 0.3) is 11.1 Å². The Labute approximate surface area is 160 Å². The lowest BCUT2D eigenvalue weighted by atomic mass is 10.2. The van der Waals surface area contributed by atoms with E-state index in [1.54, 1.807) is 19.1 Å². The van der Waals surface area contributed by atoms with Gasteiger partial charge in [-0.15, -0.1) is 10.2 Å². The molecule has 0 saturated heterocycles. The monoisotopic (exact) mass is 387 g/mol. The molecule has 1 N–H and O–H groups in total. The van der Waals surface area contributed by atoms with Crippen LogP contribution in [0.5, 0.6) is 5.75 Å². The number of amides is 1. The Balaban J connectivity index is 1.54. The number of halogens is 1. The zero-order valence-corrected chi connectivity index (χ0v) is 15.6. The zero-order valence-electron chi connectivity index (χ0n) is 14.8. The molecule has 0 aliphatic heterocycles. The van der Waals surface area contributed by atoms with Crippen molar-refractivity contribution in [3.63, 3.8) is 0 Å². The van der Waals surface area contributed by atoms with Crippen LogP contribution in [0, 0.1) is 12.7 Å². The molecule has 3 rings (SSSR count). The maximum Gasteiger partial charge on any atom is 0.277 e. The van der Waals surface area contributed by atoms with E-state index in [2.05, 4.69) is 15.5 Å². The van der Waals surface area contributed by atoms with Crippen molar-refractivity contribution in [2.24, 2.45) is 0 Å². The molecule has 0 fully saturated rings. The first kappa shape index (κ1) is 18.9. The second kappa shape index (κ2) is 8.68. The van der Waals surface area contributed by atoms with Gasteiger partial charge in [0.2, 0.25) is 5.91 Å². The molecule has 8 heteroatoms. The first-order chi connectivity index (χ1) is 13.0. The van der Waals surface area contributed by atoms with Crippen LogP contribution >= 0.6 is 11.8 Å². The fraction of sp³-hybridized carbons (Fsp3) is 0.211. The van der Waals surface area contributed by atoms with Crippen molar-refractivity contribution in [2.75, 3.05) is 11.1 Å². The van der Waals surface area contributed by atoms with Crippen molar-refractivity contribution >= 4 is 23.4 Å². The fourth-order valence-electron chi connectivity index (χ4n) is 2.25. The summed E-state index contributed by atoms with van der Waals surface area (Å²) in [6, 6.07) is 13.6. The van der Waals surface area contributed by atoms with Crippen LogP contribution in [0.3, 0.4) is 0 Å². The van der Waals surface area contributed by atoms with Crippen LogP contribution in [0.2, 0.25) is 0 Å².